The van der Waals surface area contributed by atoms with Crippen molar-refractivity contribution in [3.8, 4) is 0 Å². The van der Waals surface area contributed by atoms with E-state index in [0.29, 0.717) is 29.6 Å². The van der Waals surface area contributed by atoms with Crippen LogP contribution in [0.4, 0.5) is 0 Å². The predicted octanol–water partition coefficient (Wildman–Crippen LogP) is 2.71. The van der Waals surface area contributed by atoms with Gasteiger partial charge in [-0.1, -0.05) is 0 Å². The van der Waals surface area contributed by atoms with E-state index in [9.17, 15) is 13.2 Å². The number of hydrogen-bond acceptors (Lipinski definition) is 6. The summed E-state index contributed by atoms with van der Waals surface area (Å²) in [7, 11) is -3.58. The van der Waals surface area contributed by atoms with Gasteiger partial charge in [0.15, 0.2) is 0 Å². The summed E-state index contributed by atoms with van der Waals surface area (Å²) in [6.07, 6.45) is 1.90. The molecule has 2 aliphatic heterocycles. The van der Waals surface area contributed by atoms with Gasteiger partial charge in [-0.25, -0.2) is 13.2 Å². The summed E-state index contributed by atoms with van der Waals surface area (Å²) in [5.74, 6) is -0.413. The summed E-state index contributed by atoms with van der Waals surface area (Å²) in [6.45, 7) is 6.64. The fraction of sp³-hybridized carbons (Fsp3) is 0.526. The lowest BCUT2D eigenvalue weighted by atomic mass is 9.87. The van der Waals surface area contributed by atoms with E-state index >= 15 is 0 Å². The lowest BCUT2D eigenvalue weighted by molar-refractivity contribution is 0.0491. The summed E-state index contributed by atoms with van der Waals surface area (Å²) >= 11 is 0. The van der Waals surface area contributed by atoms with Gasteiger partial charge >= 0.3 is 5.97 Å². The average molecular weight is 429 g/mol. The largest absolute Gasteiger partial charge is 0.460 e. The molecule has 0 saturated carbocycles. The third-order valence-corrected chi connectivity index (χ3v) is 7.58. The molecule has 0 amide bonds. The molecule has 2 aromatic rings. The number of fused-ring (bicyclic) bond motifs is 1. The van der Waals surface area contributed by atoms with Gasteiger partial charge in [0.25, 0.3) is 0 Å². The second-order valence-electron chi connectivity index (χ2n) is 7.45. The molecule has 1 atom stereocenters. The molecule has 1 unspecified atom stereocenters. The lowest BCUT2D eigenvalue weighted by Crippen LogP contribution is -2.33. The Labute approximate surface area is 170 Å². The Hall–Kier alpha value is -1.61. The minimum atomic E-state index is -3.58. The van der Waals surface area contributed by atoms with Crippen molar-refractivity contribution in [1.82, 2.24) is 9.62 Å². The van der Waals surface area contributed by atoms with E-state index < -0.39 is 16.0 Å². The highest BCUT2D eigenvalue weighted by Crippen LogP contribution is 2.39. The Morgan fingerprint density at radius 2 is 2.14 bits per heavy atom. The maximum atomic E-state index is 13.2. The molecule has 7 nitrogen and oxygen atoms in total. The first-order valence-electron chi connectivity index (χ1n) is 9.27. The van der Waals surface area contributed by atoms with E-state index in [4.69, 9.17) is 9.15 Å². The molecule has 3 heterocycles. The van der Waals surface area contributed by atoms with Crippen molar-refractivity contribution in [2.75, 3.05) is 32.8 Å². The average Bonchev–Trinajstić information content (AvgIpc) is 3.36. The van der Waals surface area contributed by atoms with Crippen molar-refractivity contribution in [1.29, 1.82) is 0 Å². The monoisotopic (exact) mass is 428 g/mol. The van der Waals surface area contributed by atoms with Gasteiger partial charge in [-0.3, -0.25) is 0 Å². The van der Waals surface area contributed by atoms with Gasteiger partial charge in [-0.15, -0.1) is 12.4 Å². The van der Waals surface area contributed by atoms with Crippen LogP contribution in [0.25, 0.3) is 11.0 Å². The van der Waals surface area contributed by atoms with Crippen LogP contribution in [0.5, 0.6) is 0 Å². The zero-order valence-corrected chi connectivity index (χ0v) is 17.6. The summed E-state index contributed by atoms with van der Waals surface area (Å²) < 4.78 is 38.5. The van der Waals surface area contributed by atoms with Crippen LogP contribution in [0.3, 0.4) is 0 Å². The number of sulfonamides is 1. The second kappa shape index (κ2) is 7.67. The number of esters is 1. The van der Waals surface area contributed by atoms with Gasteiger partial charge in [-0.05, 0) is 56.8 Å². The minimum absolute atomic E-state index is 0. The maximum absolute atomic E-state index is 13.2. The van der Waals surface area contributed by atoms with Crippen LogP contribution in [-0.2, 0) is 14.8 Å². The molecule has 9 heteroatoms. The van der Waals surface area contributed by atoms with E-state index in [0.717, 1.165) is 25.9 Å². The van der Waals surface area contributed by atoms with Gasteiger partial charge in [0.05, 0.1) is 11.5 Å². The zero-order valence-electron chi connectivity index (χ0n) is 16.0. The number of carbonyl (C=O) groups is 1. The van der Waals surface area contributed by atoms with Crippen LogP contribution in [0.15, 0.2) is 27.5 Å². The number of halogens is 1. The Morgan fingerprint density at radius 3 is 2.82 bits per heavy atom. The van der Waals surface area contributed by atoms with Crippen molar-refractivity contribution < 1.29 is 22.4 Å². The number of ether oxygens (including phenoxy) is 1. The number of aryl methyl sites for hydroxylation is 1. The van der Waals surface area contributed by atoms with E-state index in [1.165, 1.54) is 0 Å². The Bertz CT molecular complexity index is 995. The first-order chi connectivity index (χ1) is 12.9. The van der Waals surface area contributed by atoms with E-state index in [1.807, 2.05) is 0 Å². The standard InChI is InChI=1S/C19H24N2O5S.ClH/c1-3-25-18(22)17-13(2)15-10-14(4-5-16(15)26-17)27(23,24)21-9-7-19(12-21)6-8-20-11-19;/h4-5,10,20H,3,6-9,11-12H2,1-2H3;1H. The number of hydrogen-bond donors (Lipinski definition) is 1. The van der Waals surface area contributed by atoms with Crippen molar-refractivity contribution in [3.63, 3.8) is 0 Å². The number of nitrogens with one attached hydrogen (secondary N) is 1. The van der Waals surface area contributed by atoms with Crippen LogP contribution in [0.2, 0.25) is 0 Å². The predicted molar refractivity (Wildman–Crippen MR) is 107 cm³/mol. The third kappa shape index (κ3) is 3.43. The van der Waals surface area contributed by atoms with Crippen molar-refractivity contribution in [3.05, 3.63) is 29.5 Å². The quantitative estimate of drug-likeness (QED) is 0.753. The number of benzene rings is 1. The molecule has 0 bridgehead atoms. The molecular weight excluding hydrogens is 404 g/mol. The van der Waals surface area contributed by atoms with Crippen LogP contribution in [0.1, 0.15) is 35.9 Å². The topological polar surface area (TPSA) is 88.8 Å². The summed E-state index contributed by atoms with van der Waals surface area (Å²) in [5, 5.41) is 3.97. The third-order valence-electron chi connectivity index (χ3n) is 5.74. The molecule has 0 radical (unpaired) electrons. The molecule has 1 spiro atoms. The first-order valence-corrected chi connectivity index (χ1v) is 10.7. The molecular formula is C19H25ClN2O5S. The van der Waals surface area contributed by atoms with Crippen LogP contribution in [0, 0.1) is 12.3 Å². The summed E-state index contributed by atoms with van der Waals surface area (Å²) in [5.41, 5.74) is 1.14. The number of rotatable bonds is 4. The fourth-order valence-corrected chi connectivity index (χ4v) is 5.72. The lowest BCUT2D eigenvalue weighted by Gasteiger charge is -2.22. The molecule has 2 saturated heterocycles. The molecule has 1 aromatic heterocycles. The molecule has 154 valence electrons. The number of furan rings is 1. The molecule has 1 aromatic carbocycles. The number of nitrogens with zero attached hydrogens (tertiary/aromatic N) is 1. The van der Waals surface area contributed by atoms with Gasteiger partial charge in [-0.2, -0.15) is 4.31 Å². The molecule has 28 heavy (non-hydrogen) atoms. The molecule has 1 N–H and O–H groups in total. The van der Waals surface area contributed by atoms with Crippen molar-refractivity contribution in [2.45, 2.75) is 31.6 Å². The van der Waals surface area contributed by atoms with Crippen LogP contribution < -0.4 is 5.32 Å². The van der Waals surface area contributed by atoms with Gasteiger partial charge in [0.2, 0.25) is 15.8 Å². The summed E-state index contributed by atoms with van der Waals surface area (Å²) in [6, 6.07) is 4.76. The minimum Gasteiger partial charge on any atom is -0.460 e. The molecule has 0 aliphatic carbocycles. The fourth-order valence-electron chi connectivity index (χ4n) is 4.14. The van der Waals surface area contributed by atoms with Crippen molar-refractivity contribution in [2.24, 2.45) is 5.41 Å². The van der Waals surface area contributed by atoms with Crippen LogP contribution in [-0.4, -0.2) is 51.5 Å². The SMILES string of the molecule is CCOC(=O)c1oc2ccc(S(=O)(=O)N3CCC4(CCNC4)C3)cc2c1C.Cl. The maximum Gasteiger partial charge on any atom is 0.374 e. The molecule has 2 aliphatic rings. The summed E-state index contributed by atoms with van der Waals surface area (Å²) in [4.78, 5) is 12.3. The smallest absolute Gasteiger partial charge is 0.374 e. The van der Waals surface area contributed by atoms with E-state index in [2.05, 4.69) is 5.32 Å². The highest BCUT2D eigenvalue weighted by Gasteiger charge is 2.44. The highest BCUT2D eigenvalue weighted by atomic mass is 35.5. The Morgan fingerprint density at radius 1 is 1.36 bits per heavy atom. The van der Waals surface area contributed by atoms with E-state index in [-0.39, 0.29) is 35.1 Å². The van der Waals surface area contributed by atoms with Gasteiger partial charge in [0.1, 0.15) is 5.58 Å². The van der Waals surface area contributed by atoms with E-state index in [1.54, 1.807) is 36.4 Å². The Balaban J connectivity index is 0.00000225. The highest BCUT2D eigenvalue weighted by molar-refractivity contribution is 7.89. The zero-order chi connectivity index (χ0) is 19.2. The van der Waals surface area contributed by atoms with Crippen LogP contribution >= 0.6 is 12.4 Å². The van der Waals surface area contributed by atoms with Gasteiger partial charge in [0, 0.05) is 30.6 Å². The van der Waals surface area contributed by atoms with Gasteiger partial charge < -0.3 is 14.5 Å². The first kappa shape index (κ1) is 21.1. The Kier molecular flexibility index (Phi) is 5.78. The normalized spacial score (nSPS) is 22.6. The number of carbonyl (C=O) groups excluding carboxylic acids is 1. The molecule has 4 rings (SSSR count). The van der Waals surface area contributed by atoms with Crippen molar-refractivity contribution >= 4 is 39.4 Å². The second-order valence-corrected chi connectivity index (χ2v) is 9.39. The molecule has 2 fully saturated rings.